The first-order valence-corrected chi connectivity index (χ1v) is 9.91. The van der Waals surface area contributed by atoms with Crippen LogP contribution in [0.1, 0.15) is 13.3 Å². The Kier molecular flexibility index (Phi) is 5.10. The van der Waals surface area contributed by atoms with E-state index >= 15 is 0 Å². The summed E-state index contributed by atoms with van der Waals surface area (Å²) in [6.07, 6.45) is 1.13. The summed E-state index contributed by atoms with van der Waals surface area (Å²) >= 11 is 6.09. The molecule has 3 rings (SSSR count). The maximum absolute atomic E-state index is 13.1. The third kappa shape index (κ3) is 3.24. The number of imidazole rings is 1. The Labute approximate surface area is 156 Å². The topological polar surface area (TPSA) is 93.5 Å². The van der Waals surface area contributed by atoms with Gasteiger partial charge in [-0.05, 0) is 18.6 Å². The van der Waals surface area contributed by atoms with Crippen molar-refractivity contribution < 1.29 is 17.9 Å². The zero-order chi connectivity index (χ0) is 18.9. The van der Waals surface area contributed by atoms with Crippen LogP contribution >= 0.6 is 11.6 Å². The minimum absolute atomic E-state index is 0.000887. The summed E-state index contributed by atoms with van der Waals surface area (Å²) in [7, 11) is -2.46. The van der Waals surface area contributed by atoms with Gasteiger partial charge in [0, 0.05) is 13.6 Å². The van der Waals surface area contributed by atoms with Gasteiger partial charge in [0.25, 0.3) is 15.9 Å². The summed E-state index contributed by atoms with van der Waals surface area (Å²) < 4.78 is 34.5. The Balaban J connectivity index is 2.02. The van der Waals surface area contributed by atoms with Crippen molar-refractivity contribution in [3.63, 3.8) is 0 Å². The number of hydrogen-bond acceptors (Lipinski definition) is 5. The van der Waals surface area contributed by atoms with Gasteiger partial charge in [-0.15, -0.1) is 0 Å². The van der Waals surface area contributed by atoms with E-state index in [-0.39, 0.29) is 22.6 Å². The van der Waals surface area contributed by atoms with Gasteiger partial charge in [0.1, 0.15) is 10.9 Å². The van der Waals surface area contributed by atoms with E-state index in [0.29, 0.717) is 18.0 Å². The molecule has 0 fully saturated rings. The summed E-state index contributed by atoms with van der Waals surface area (Å²) in [5.41, 5.74) is 0.341. The van der Waals surface area contributed by atoms with Gasteiger partial charge in [-0.25, -0.2) is 4.98 Å². The third-order valence-electron chi connectivity index (χ3n) is 3.95. The SMILES string of the molecule is CCCNC(=O)[C@@H]1CN(S(=O)(=O)c2ncn(C)c2Cl)c2ccccc2O1. The van der Waals surface area contributed by atoms with Gasteiger partial charge in [-0.3, -0.25) is 9.10 Å². The standard InChI is InChI=1S/C16H19ClN4O4S/c1-3-8-18-15(22)13-9-21(11-6-4-5-7-12(11)25-13)26(23,24)16-14(17)20(2)10-19-16/h4-7,10,13H,3,8-9H2,1-2H3,(H,18,22)/t13-/m0/s1. The van der Waals surface area contributed by atoms with Crippen molar-refractivity contribution >= 4 is 33.2 Å². The minimum Gasteiger partial charge on any atom is -0.476 e. The van der Waals surface area contributed by atoms with Crippen LogP contribution in [0, 0.1) is 0 Å². The molecule has 0 unspecified atom stereocenters. The predicted octanol–water partition coefficient (Wildman–Crippen LogP) is 1.56. The van der Waals surface area contributed by atoms with Crippen LogP contribution in [-0.2, 0) is 21.9 Å². The second kappa shape index (κ2) is 7.16. The number of carbonyl (C=O) groups is 1. The molecule has 140 valence electrons. The fourth-order valence-electron chi connectivity index (χ4n) is 2.60. The molecule has 1 aromatic heterocycles. The van der Waals surface area contributed by atoms with Crippen molar-refractivity contribution in [2.45, 2.75) is 24.5 Å². The maximum Gasteiger partial charge on any atom is 0.285 e. The minimum atomic E-state index is -4.06. The number of hydrogen-bond donors (Lipinski definition) is 1. The van der Waals surface area contributed by atoms with Gasteiger partial charge in [0.05, 0.1) is 18.6 Å². The molecule has 1 atom stereocenters. The fourth-order valence-corrected chi connectivity index (χ4v) is 4.47. The maximum atomic E-state index is 13.1. The van der Waals surface area contributed by atoms with Gasteiger partial charge in [0.15, 0.2) is 6.10 Å². The molecule has 8 nitrogen and oxygen atoms in total. The molecule has 1 aliphatic heterocycles. The van der Waals surface area contributed by atoms with Crippen LogP contribution in [0.15, 0.2) is 35.6 Å². The number of nitrogens with zero attached hydrogens (tertiary/aromatic N) is 3. The fraction of sp³-hybridized carbons (Fsp3) is 0.375. The summed E-state index contributed by atoms with van der Waals surface area (Å²) in [5.74, 6) is -0.0558. The smallest absolute Gasteiger partial charge is 0.285 e. The molecule has 2 aromatic rings. The van der Waals surface area contributed by atoms with Crippen molar-refractivity contribution in [1.82, 2.24) is 14.9 Å². The number of nitrogens with one attached hydrogen (secondary N) is 1. The highest BCUT2D eigenvalue weighted by Gasteiger charge is 2.39. The highest BCUT2D eigenvalue weighted by molar-refractivity contribution is 7.92. The van der Waals surface area contributed by atoms with Crippen LogP contribution in [0.25, 0.3) is 0 Å². The van der Waals surface area contributed by atoms with E-state index in [1.165, 1.54) is 10.9 Å². The van der Waals surface area contributed by atoms with E-state index in [4.69, 9.17) is 16.3 Å². The van der Waals surface area contributed by atoms with Crippen LogP contribution in [0.5, 0.6) is 5.75 Å². The molecule has 0 radical (unpaired) electrons. The number of para-hydroxylation sites is 2. The van der Waals surface area contributed by atoms with Crippen LogP contribution in [0.3, 0.4) is 0 Å². The Morgan fingerprint density at radius 1 is 1.42 bits per heavy atom. The quantitative estimate of drug-likeness (QED) is 0.824. The van der Waals surface area contributed by atoms with Crippen molar-refractivity contribution in [3.8, 4) is 5.75 Å². The van der Waals surface area contributed by atoms with Crippen LogP contribution in [0.2, 0.25) is 5.15 Å². The number of anilines is 1. The number of amides is 1. The predicted molar refractivity (Wildman–Crippen MR) is 96.9 cm³/mol. The third-order valence-corrected chi connectivity index (χ3v) is 6.22. The number of halogens is 1. The molecule has 1 N–H and O–H groups in total. The van der Waals surface area contributed by atoms with Crippen LogP contribution in [0.4, 0.5) is 5.69 Å². The van der Waals surface area contributed by atoms with Crippen LogP contribution < -0.4 is 14.4 Å². The number of aromatic nitrogens is 2. The Hall–Kier alpha value is -2.26. The second-order valence-corrected chi connectivity index (χ2v) is 7.99. The van der Waals surface area contributed by atoms with Gasteiger partial charge in [-0.1, -0.05) is 30.7 Å². The molecule has 1 aliphatic rings. The van der Waals surface area contributed by atoms with E-state index < -0.39 is 16.1 Å². The number of fused-ring (bicyclic) bond motifs is 1. The Morgan fingerprint density at radius 2 is 2.15 bits per heavy atom. The highest BCUT2D eigenvalue weighted by atomic mass is 35.5. The molecule has 2 heterocycles. The second-order valence-electron chi connectivity index (χ2n) is 5.85. The lowest BCUT2D eigenvalue weighted by Gasteiger charge is -2.34. The number of rotatable bonds is 5. The zero-order valence-corrected chi connectivity index (χ0v) is 15.9. The number of benzene rings is 1. The van der Waals surface area contributed by atoms with E-state index in [0.717, 1.165) is 10.7 Å². The zero-order valence-electron chi connectivity index (χ0n) is 14.3. The molecular weight excluding hydrogens is 380 g/mol. The summed E-state index contributed by atoms with van der Waals surface area (Å²) in [4.78, 5) is 16.3. The van der Waals surface area contributed by atoms with Crippen molar-refractivity contribution in [1.29, 1.82) is 0 Å². The average molecular weight is 399 g/mol. The van der Waals surface area contributed by atoms with Crippen molar-refractivity contribution in [2.75, 3.05) is 17.4 Å². The normalized spacial score (nSPS) is 16.7. The van der Waals surface area contributed by atoms with E-state index in [1.807, 2.05) is 6.92 Å². The largest absolute Gasteiger partial charge is 0.476 e. The summed E-state index contributed by atoms with van der Waals surface area (Å²) in [6.45, 7) is 2.25. The first-order chi connectivity index (χ1) is 12.4. The molecule has 0 aliphatic carbocycles. The van der Waals surface area contributed by atoms with Crippen molar-refractivity contribution in [2.24, 2.45) is 7.05 Å². The molecule has 10 heteroatoms. The molecule has 0 bridgehead atoms. The monoisotopic (exact) mass is 398 g/mol. The Morgan fingerprint density at radius 3 is 2.81 bits per heavy atom. The van der Waals surface area contributed by atoms with E-state index in [2.05, 4.69) is 10.3 Å². The number of carbonyl (C=O) groups excluding carboxylic acids is 1. The molecule has 0 spiro atoms. The molecule has 1 amide bonds. The molecular formula is C16H19ClN4O4S. The molecule has 26 heavy (non-hydrogen) atoms. The molecule has 0 saturated carbocycles. The van der Waals surface area contributed by atoms with Gasteiger partial charge >= 0.3 is 0 Å². The number of sulfonamides is 1. The van der Waals surface area contributed by atoms with Crippen LogP contribution in [-0.4, -0.2) is 43.1 Å². The number of ether oxygens (including phenoxy) is 1. The first-order valence-electron chi connectivity index (χ1n) is 8.09. The van der Waals surface area contributed by atoms with E-state index in [1.54, 1.807) is 31.3 Å². The van der Waals surface area contributed by atoms with Gasteiger partial charge in [-0.2, -0.15) is 8.42 Å². The summed E-state index contributed by atoms with van der Waals surface area (Å²) in [5, 5.41) is 2.47. The lowest BCUT2D eigenvalue weighted by molar-refractivity contribution is -0.127. The highest BCUT2D eigenvalue weighted by Crippen LogP contribution is 2.37. The lowest BCUT2D eigenvalue weighted by atomic mass is 10.2. The van der Waals surface area contributed by atoms with Gasteiger partial charge in [0.2, 0.25) is 5.03 Å². The number of aryl methyl sites for hydroxylation is 1. The van der Waals surface area contributed by atoms with Gasteiger partial charge < -0.3 is 14.6 Å². The Bertz CT molecular complexity index is 928. The van der Waals surface area contributed by atoms with E-state index in [9.17, 15) is 13.2 Å². The average Bonchev–Trinajstić information content (AvgIpc) is 2.98. The molecule has 1 aromatic carbocycles. The lowest BCUT2D eigenvalue weighted by Crippen LogP contribution is -2.50. The first kappa shape index (κ1) is 18.5. The molecule has 0 saturated heterocycles. The van der Waals surface area contributed by atoms with Crippen molar-refractivity contribution in [3.05, 3.63) is 35.7 Å². The summed E-state index contributed by atoms with van der Waals surface area (Å²) in [6, 6.07) is 6.65.